The fourth-order valence-corrected chi connectivity index (χ4v) is 4.34. The quantitative estimate of drug-likeness (QED) is 0.570. The van der Waals surface area contributed by atoms with Crippen molar-refractivity contribution in [2.24, 2.45) is 5.73 Å². The van der Waals surface area contributed by atoms with Gasteiger partial charge in [-0.1, -0.05) is 6.92 Å². The number of thioether (sulfide) groups is 1. The zero-order chi connectivity index (χ0) is 22.7. The summed E-state index contributed by atoms with van der Waals surface area (Å²) in [6.07, 6.45) is 2.19. The molecule has 2 fully saturated rings. The van der Waals surface area contributed by atoms with Crippen LogP contribution >= 0.6 is 11.8 Å². The van der Waals surface area contributed by atoms with Crippen LogP contribution in [0, 0.1) is 0 Å². The summed E-state index contributed by atoms with van der Waals surface area (Å²) in [5.74, 6) is 2.43. The van der Waals surface area contributed by atoms with Gasteiger partial charge in [-0.05, 0) is 43.7 Å². The fourth-order valence-electron chi connectivity index (χ4n) is 3.21. The number of anilines is 2. The van der Waals surface area contributed by atoms with Crippen molar-refractivity contribution in [3.63, 3.8) is 0 Å². The number of carbonyl (C=O) groups is 1. The van der Waals surface area contributed by atoms with Gasteiger partial charge in [0, 0.05) is 36.2 Å². The van der Waals surface area contributed by atoms with Crippen LogP contribution in [0.5, 0.6) is 0 Å². The van der Waals surface area contributed by atoms with Gasteiger partial charge < -0.3 is 31.0 Å². The van der Waals surface area contributed by atoms with Crippen LogP contribution in [0.2, 0.25) is 0 Å². The molecule has 31 heavy (non-hydrogen) atoms. The van der Waals surface area contributed by atoms with Gasteiger partial charge in [0.1, 0.15) is 12.6 Å². The van der Waals surface area contributed by atoms with Crippen molar-refractivity contribution in [3.8, 4) is 11.4 Å². The maximum Gasteiger partial charge on any atom is 0.161 e. The van der Waals surface area contributed by atoms with Crippen molar-refractivity contribution in [1.82, 2.24) is 9.97 Å². The summed E-state index contributed by atoms with van der Waals surface area (Å²) in [6, 6.07) is 9.83. The predicted octanol–water partition coefficient (Wildman–Crippen LogP) is 2.06. The Balaban J connectivity index is 0.000000630. The number of morpholine rings is 1. The third-order valence-corrected chi connectivity index (χ3v) is 6.41. The Morgan fingerprint density at radius 3 is 2.35 bits per heavy atom. The Kier molecular flexibility index (Phi) is 10.2. The summed E-state index contributed by atoms with van der Waals surface area (Å²) < 4.78 is 5.50. The van der Waals surface area contributed by atoms with Crippen molar-refractivity contribution in [2.75, 3.05) is 55.8 Å². The average molecular weight is 448 g/mol. The molecule has 0 amide bonds. The van der Waals surface area contributed by atoms with Gasteiger partial charge in [-0.2, -0.15) is 0 Å². The first-order valence-corrected chi connectivity index (χ1v) is 11.4. The molecule has 1 aromatic carbocycles. The van der Waals surface area contributed by atoms with Crippen LogP contribution in [-0.2, 0) is 14.3 Å². The standard InChI is InChI=1S/C19H24N4O2S.C2H7N.CH2O/c20-15-3-1-14(2-4-15)18-21-16(19(5-6-19)26-12-9-24)13-17(22-18)23-7-10-25-11-8-23;1-2-3;1-2/h1-4,13,24H,5-12,20H2;2-3H2,1H3;1H2. The van der Waals surface area contributed by atoms with E-state index in [2.05, 4.69) is 11.0 Å². The highest BCUT2D eigenvalue weighted by Crippen LogP contribution is 2.56. The molecule has 4 rings (SSSR count). The lowest BCUT2D eigenvalue weighted by Gasteiger charge is -2.29. The van der Waals surface area contributed by atoms with E-state index < -0.39 is 0 Å². The maximum absolute atomic E-state index is 9.23. The molecule has 8 nitrogen and oxygen atoms in total. The van der Waals surface area contributed by atoms with Crippen LogP contribution in [0.3, 0.4) is 0 Å². The number of hydrogen-bond acceptors (Lipinski definition) is 9. The molecular weight excluding hydrogens is 414 g/mol. The highest BCUT2D eigenvalue weighted by atomic mass is 32.2. The van der Waals surface area contributed by atoms with E-state index in [0.29, 0.717) is 0 Å². The predicted molar refractivity (Wildman–Crippen MR) is 127 cm³/mol. The molecule has 1 aromatic heterocycles. The smallest absolute Gasteiger partial charge is 0.161 e. The van der Waals surface area contributed by atoms with Crippen LogP contribution in [0.1, 0.15) is 25.5 Å². The fraction of sp³-hybridized carbons (Fsp3) is 0.500. The van der Waals surface area contributed by atoms with Gasteiger partial charge in [-0.3, -0.25) is 0 Å². The molecule has 170 valence electrons. The average Bonchev–Trinajstić information content (AvgIpc) is 3.62. The number of ether oxygens (including phenoxy) is 1. The summed E-state index contributed by atoms with van der Waals surface area (Å²) in [7, 11) is 0. The van der Waals surface area contributed by atoms with E-state index in [-0.39, 0.29) is 11.4 Å². The highest BCUT2D eigenvalue weighted by Gasteiger charge is 2.46. The van der Waals surface area contributed by atoms with Gasteiger partial charge in [-0.15, -0.1) is 11.8 Å². The van der Waals surface area contributed by atoms with E-state index in [0.717, 1.165) is 80.0 Å². The molecular formula is C22H33N5O3S. The minimum atomic E-state index is 0.0231. The third kappa shape index (κ3) is 6.90. The Morgan fingerprint density at radius 2 is 1.81 bits per heavy atom. The molecule has 5 N–H and O–H groups in total. The molecule has 0 radical (unpaired) electrons. The lowest BCUT2D eigenvalue weighted by molar-refractivity contribution is -0.0979. The van der Waals surface area contributed by atoms with Gasteiger partial charge >= 0.3 is 0 Å². The summed E-state index contributed by atoms with van der Waals surface area (Å²) >= 11 is 1.80. The van der Waals surface area contributed by atoms with E-state index in [4.69, 9.17) is 31.0 Å². The van der Waals surface area contributed by atoms with Crippen molar-refractivity contribution in [3.05, 3.63) is 36.0 Å². The lowest BCUT2D eigenvalue weighted by Crippen LogP contribution is -2.37. The van der Waals surface area contributed by atoms with E-state index >= 15 is 0 Å². The number of aromatic nitrogens is 2. The number of nitrogens with two attached hydrogens (primary N) is 2. The normalized spacial score (nSPS) is 16.4. The molecule has 1 saturated heterocycles. The Morgan fingerprint density at radius 1 is 1.19 bits per heavy atom. The number of rotatable bonds is 6. The van der Waals surface area contributed by atoms with E-state index in [1.807, 2.05) is 38.0 Å². The first-order chi connectivity index (χ1) is 15.1. The molecule has 2 heterocycles. The Labute approximate surface area is 188 Å². The number of nitrogens with zero attached hydrogens (tertiary/aromatic N) is 3. The summed E-state index contributed by atoms with van der Waals surface area (Å²) in [5.41, 5.74) is 13.4. The van der Waals surface area contributed by atoms with Gasteiger partial charge in [0.05, 0.1) is 30.3 Å². The van der Waals surface area contributed by atoms with Crippen LogP contribution in [0.15, 0.2) is 30.3 Å². The van der Waals surface area contributed by atoms with Crippen LogP contribution < -0.4 is 16.4 Å². The molecule has 1 aliphatic carbocycles. The van der Waals surface area contributed by atoms with Crippen molar-refractivity contribution < 1.29 is 14.6 Å². The van der Waals surface area contributed by atoms with Crippen LogP contribution in [0.25, 0.3) is 11.4 Å². The SMILES string of the molecule is C=O.CCN.Nc1ccc(-c2nc(N3CCOCC3)cc(C3(SCCO)CC3)n2)cc1. The van der Waals surface area contributed by atoms with Crippen LogP contribution in [0.4, 0.5) is 11.5 Å². The third-order valence-electron chi connectivity index (χ3n) is 4.86. The number of carbonyl (C=O) groups excluding carboxylic acids is 1. The second-order valence-corrected chi connectivity index (χ2v) is 8.61. The number of nitrogen functional groups attached to an aromatic ring is 1. The monoisotopic (exact) mass is 447 g/mol. The summed E-state index contributed by atoms with van der Waals surface area (Å²) in [6.45, 7) is 7.98. The van der Waals surface area contributed by atoms with E-state index in [1.54, 1.807) is 11.8 Å². The van der Waals surface area contributed by atoms with Gasteiger partial charge in [0.25, 0.3) is 0 Å². The first-order valence-electron chi connectivity index (χ1n) is 10.4. The van der Waals surface area contributed by atoms with Crippen molar-refractivity contribution in [2.45, 2.75) is 24.5 Å². The van der Waals surface area contributed by atoms with Gasteiger partial charge in [0.2, 0.25) is 0 Å². The summed E-state index contributed by atoms with van der Waals surface area (Å²) in [5, 5.41) is 9.23. The number of aliphatic hydroxyl groups is 1. The molecule has 0 atom stereocenters. The Hall–Kier alpha value is -2.20. The molecule has 0 spiro atoms. The molecule has 0 unspecified atom stereocenters. The van der Waals surface area contributed by atoms with E-state index in [9.17, 15) is 5.11 Å². The minimum Gasteiger partial charge on any atom is -0.399 e. The Bertz CT molecular complexity index is 796. The topological polar surface area (TPSA) is 128 Å². The maximum atomic E-state index is 9.23. The van der Waals surface area contributed by atoms with E-state index in [1.165, 1.54) is 0 Å². The highest BCUT2D eigenvalue weighted by molar-refractivity contribution is 8.00. The summed E-state index contributed by atoms with van der Waals surface area (Å²) in [4.78, 5) is 20.0. The van der Waals surface area contributed by atoms with Gasteiger partial charge in [-0.25, -0.2) is 9.97 Å². The van der Waals surface area contributed by atoms with Crippen molar-refractivity contribution in [1.29, 1.82) is 0 Å². The molecule has 2 aromatic rings. The number of hydrogen-bond donors (Lipinski definition) is 3. The molecule has 2 aliphatic rings. The zero-order valence-corrected chi connectivity index (χ0v) is 18.9. The number of benzene rings is 1. The lowest BCUT2D eigenvalue weighted by atomic mass is 10.1. The molecule has 1 saturated carbocycles. The molecule has 0 bridgehead atoms. The number of aliphatic hydroxyl groups excluding tert-OH is 1. The first kappa shape index (κ1) is 25.1. The largest absolute Gasteiger partial charge is 0.399 e. The van der Waals surface area contributed by atoms with Gasteiger partial charge in [0.15, 0.2) is 5.82 Å². The molecule has 9 heteroatoms. The molecule has 1 aliphatic heterocycles. The van der Waals surface area contributed by atoms with Crippen molar-refractivity contribution >= 4 is 30.1 Å². The second kappa shape index (κ2) is 12.6. The second-order valence-electron chi connectivity index (χ2n) is 7.13. The zero-order valence-electron chi connectivity index (χ0n) is 18.1. The van der Waals surface area contributed by atoms with Crippen LogP contribution in [-0.4, -0.2) is 67.1 Å². The minimum absolute atomic E-state index is 0.0231.